The Balaban J connectivity index is 1.84. The topological polar surface area (TPSA) is 51.2 Å². The van der Waals surface area contributed by atoms with Crippen molar-refractivity contribution in [3.63, 3.8) is 0 Å². The number of amides is 1. The first kappa shape index (κ1) is 14.9. The van der Waals surface area contributed by atoms with E-state index in [4.69, 9.17) is 4.74 Å². The van der Waals surface area contributed by atoms with E-state index in [1.54, 1.807) is 18.9 Å². The molecule has 112 valence electrons. The molecule has 4 nitrogen and oxygen atoms in total. The number of para-hydroxylation sites is 1. The summed E-state index contributed by atoms with van der Waals surface area (Å²) in [5.41, 5.74) is 1.38. The highest BCUT2D eigenvalue weighted by atomic mass is 32.2. The molecule has 1 N–H and O–H groups in total. The third-order valence-electron chi connectivity index (χ3n) is 3.17. The van der Waals surface area contributed by atoms with Crippen LogP contribution in [0.3, 0.4) is 0 Å². The summed E-state index contributed by atoms with van der Waals surface area (Å²) in [4.78, 5) is 17.8. The zero-order valence-corrected chi connectivity index (χ0v) is 13.8. The minimum atomic E-state index is -0.161. The molecular weight excluding hydrogens is 316 g/mol. The first-order chi connectivity index (χ1) is 10.7. The van der Waals surface area contributed by atoms with Crippen LogP contribution >= 0.6 is 23.1 Å². The molecule has 0 aliphatic carbocycles. The maximum Gasteiger partial charge on any atom is 0.257 e. The number of aromatic nitrogens is 1. The quantitative estimate of drug-likeness (QED) is 0.726. The molecule has 0 aliphatic heterocycles. The molecule has 3 aromatic rings. The van der Waals surface area contributed by atoms with Gasteiger partial charge in [0, 0.05) is 10.5 Å². The van der Waals surface area contributed by atoms with Crippen molar-refractivity contribution in [1.29, 1.82) is 0 Å². The third kappa shape index (κ3) is 2.93. The molecule has 0 spiro atoms. The number of carbonyl (C=O) groups excluding carboxylic acids is 1. The van der Waals surface area contributed by atoms with Crippen LogP contribution < -0.4 is 10.1 Å². The van der Waals surface area contributed by atoms with Crippen molar-refractivity contribution >= 4 is 44.4 Å². The number of carbonyl (C=O) groups is 1. The van der Waals surface area contributed by atoms with Gasteiger partial charge >= 0.3 is 0 Å². The second-order valence-corrected chi connectivity index (χ2v) is 6.42. The molecule has 0 atom stereocenters. The summed E-state index contributed by atoms with van der Waals surface area (Å²) < 4.78 is 6.26. The minimum Gasteiger partial charge on any atom is -0.494 e. The van der Waals surface area contributed by atoms with Gasteiger partial charge in [0.25, 0.3) is 5.91 Å². The van der Waals surface area contributed by atoms with Crippen LogP contribution in [0.4, 0.5) is 5.13 Å². The Morgan fingerprint density at radius 1 is 1.23 bits per heavy atom. The van der Waals surface area contributed by atoms with Crippen LogP contribution in [0, 0.1) is 0 Å². The number of thioether (sulfide) groups is 1. The highest BCUT2D eigenvalue weighted by Gasteiger charge is 2.12. The van der Waals surface area contributed by atoms with E-state index in [0.29, 0.717) is 16.4 Å². The van der Waals surface area contributed by atoms with Gasteiger partial charge in [0.2, 0.25) is 0 Å². The van der Waals surface area contributed by atoms with Gasteiger partial charge in [-0.3, -0.25) is 10.1 Å². The molecule has 3 rings (SSSR count). The largest absolute Gasteiger partial charge is 0.494 e. The van der Waals surface area contributed by atoms with E-state index in [1.807, 2.05) is 48.7 Å². The van der Waals surface area contributed by atoms with Crippen molar-refractivity contribution in [3.8, 4) is 5.75 Å². The second-order valence-electron chi connectivity index (χ2n) is 4.51. The normalized spacial score (nSPS) is 10.6. The lowest BCUT2D eigenvalue weighted by Crippen LogP contribution is -2.11. The summed E-state index contributed by atoms with van der Waals surface area (Å²) >= 11 is 3.07. The number of nitrogens with one attached hydrogen (secondary N) is 1. The van der Waals surface area contributed by atoms with Crippen LogP contribution in [0.1, 0.15) is 10.4 Å². The van der Waals surface area contributed by atoms with Crippen molar-refractivity contribution in [1.82, 2.24) is 4.98 Å². The Hall–Kier alpha value is -2.05. The number of thiazole rings is 1. The predicted molar refractivity (Wildman–Crippen MR) is 92.3 cm³/mol. The van der Waals surface area contributed by atoms with Crippen LogP contribution in [-0.4, -0.2) is 24.3 Å². The van der Waals surface area contributed by atoms with Gasteiger partial charge in [-0.1, -0.05) is 17.4 Å². The number of ether oxygens (including phenoxy) is 1. The van der Waals surface area contributed by atoms with Crippen molar-refractivity contribution < 1.29 is 9.53 Å². The SMILES string of the molecule is COc1cccc2sc(NC(=O)c3ccc(SC)cc3)nc12. The smallest absolute Gasteiger partial charge is 0.257 e. The average Bonchev–Trinajstić information content (AvgIpc) is 2.97. The molecule has 1 amide bonds. The number of anilines is 1. The molecule has 0 fully saturated rings. The predicted octanol–water partition coefficient (Wildman–Crippen LogP) is 4.28. The number of rotatable bonds is 4. The van der Waals surface area contributed by atoms with Gasteiger partial charge in [0.1, 0.15) is 11.3 Å². The number of methoxy groups -OCH3 is 1. The highest BCUT2D eigenvalue weighted by Crippen LogP contribution is 2.32. The van der Waals surface area contributed by atoms with Gasteiger partial charge in [0.15, 0.2) is 5.13 Å². The van der Waals surface area contributed by atoms with E-state index in [1.165, 1.54) is 11.3 Å². The number of nitrogens with zero attached hydrogens (tertiary/aromatic N) is 1. The molecule has 0 bridgehead atoms. The summed E-state index contributed by atoms with van der Waals surface area (Å²) in [7, 11) is 1.61. The molecule has 0 saturated heterocycles. The fraction of sp³-hybridized carbons (Fsp3) is 0.125. The molecule has 0 saturated carbocycles. The maximum atomic E-state index is 12.3. The Morgan fingerprint density at radius 3 is 2.68 bits per heavy atom. The lowest BCUT2D eigenvalue weighted by molar-refractivity contribution is 0.102. The molecule has 0 radical (unpaired) electrons. The molecule has 1 aromatic heterocycles. The highest BCUT2D eigenvalue weighted by molar-refractivity contribution is 7.98. The van der Waals surface area contributed by atoms with E-state index in [0.717, 1.165) is 15.1 Å². The minimum absolute atomic E-state index is 0.161. The Morgan fingerprint density at radius 2 is 2.00 bits per heavy atom. The number of hydrogen-bond acceptors (Lipinski definition) is 5. The zero-order chi connectivity index (χ0) is 15.5. The molecule has 1 heterocycles. The summed E-state index contributed by atoms with van der Waals surface area (Å²) in [6.07, 6.45) is 2.00. The van der Waals surface area contributed by atoms with Crippen LogP contribution in [0.25, 0.3) is 10.2 Å². The molecular formula is C16H14N2O2S2. The summed E-state index contributed by atoms with van der Waals surface area (Å²) in [6, 6.07) is 13.2. The molecule has 0 unspecified atom stereocenters. The fourth-order valence-electron chi connectivity index (χ4n) is 2.05. The molecule has 22 heavy (non-hydrogen) atoms. The third-order valence-corrected chi connectivity index (χ3v) is 4.85. The van der Waals surface area contributed by atoms with Gasteiger partial charge in [-0.15, -0.1) is 11.8 Å². The monoisotopic (exact) mass is 330 g/mol. The lowest BCUT2D eigenvalue weighted by Gasteiger charge is -2.02. The van der Waals surface area contributed by atoms with Gasteiger partial charge < -0.3 is 4.74 Å². The summed E-state index contributed by atoms with van der Waals surface area (Å²) in [6.45, 7) is 0. The fourth-order valence-corrected chi connectivity index (χ4v) is 3.34. The first-order valence-electron chi connectivity index (χ1n) is 6.60. The molecule has 0 aliphatic rings. The van der Waals surface area contributed by atoms with Gasteiger partial charge in [-0.05, 0) is 42.7 Å². The Bertz CT molecular complexity index is 813. The van der Waals surface area contributed by atoms with E-state index in [9.17, 15) is 4.79 Å². The van der Waals surface area contributed by atoms with Crippen LogP contribution in [-0.2, 0) is 0 Å². The lowest BCUT2D eigenvalue weighted by atomic mass is 10.2. The molecule has 6 heteroatoms. The van der Waals surface area contributed by atoms with Crippen LogP contribution in [0.5, 0.6) is 5.75 Å². The first-order valence-corrected chi connectivity index (χ1v) is 8.64. The second kappa shape index (κ2) is 6.37. The van der Waals surface area contributed by atoms with Crippen molar-refractivity contribution in [2.24, 2.45) is 0 Å². The van der Waals surface area contributed by atoms with E-state index < -0.39 is 0 Å². The zero-order valence-electron chi connectivity index (χ0n) is 12.1. The van der Waals surface area contributed by atoms with Gasteiger partial charge in [0.05, 0.1) is 11.8 Å². The number of benzene rings is 2. The van der Waals surface area contributed by atoms with Crippen molar-refractivity contribution in [2.75, 3.05) is 18.7 Å². The van der Waals surface area contributed by atoms with E-state index in [-0.39, 0.29) is 5.91 Å². The van der Waals surface area contributed by atoms with Crippen molar-refractivity contribution in [3.05, 3.63) is 48.0 Å². The average molecular weight is 330 g/mol. The number of hydrogen-bond donors (Lipinski definition) is 1. The van der Waals surface area contributed by atoms with E-state index in [2.05, 4.69) is 10.3 Å². The van der Waals surface area contributed by atoms with Crippen LogP contribution in [0.2, 0.25) is 0 Å². The Kier molecular flexibility index (Phi) is 4.31. The summed E-state index contributed by atoms with van der Waals surface area (Å²) in [5, 5.41) is 3.41. The molecule has 2 aromatic carbocycles. The Labute approximate surface area is 136 Å². The number of fused-ring (bicyclic) bond motifs is 1. The van der Waals surface area contributed by atoms with Gasteiger partial charge in [-0.25, -0.2) is 4.98 Å². The van der Waals surface area contributed by atoms with E-state index >= 15 is 0 Å². The van der Waals surface area contributed by atoms with Crippen molar-refractivity contribution in [2.45, 2.75) is 4.90 Å². The summed E-state index contributed by atoms with van der Waals surface area (Å²) in [5.74, 6) is 0.546. The standard InChI is InChI=1S/C16H14N2O2S2/c1-20-12-4-3-5-13-14(12)17-16(22-13)18-15(19)10-6-8-11(21-2)9-7-10/h3-9H,1-2H3,(H,17,18,19). The van der Waals surface area contributed by atoms with Gasteiger partial charge in [-0.2, -0.15) is 0 Å². The van der Waals surface area contributed by atoms with Crippen LogP contribution in [0.15, 0.2) is 47.4 Å². The maximum absolute atomic E-state index is 12.3.